The van der Waals surface area contributed by atoms with Gasteiger partial charge in [-0.1, -0.05) is 16.7 Å². The van der Waals surface area contributed by atoms with Gasteiger partial charge in [0.15, 0.2) is 0 Å². The van der Waals surface area contributed by atoms with Crippen molar-refractivity contribution in [1.29, 1.82) is 0 Å². The molecule has 0 radical (unpaired) electrons. The highest BCUT2D eigenvalue weighted by Gasteiger charge is 2.36. The van der Waals surface area contributed by atoms with Crippen LogP contribution in [0.25, 0.3) is 10.9 Å². The first-order chi connectivity index (χ1) is 16.1. The van der Waals surface area contributed by atoms with E-state index in [2.05, 4.69) is 15.3 Å². The van der Waals surface area contributed by atoms with E-state index in [4.69, 9.17) is 10.7 Å². The Morgan fingerprint density at radius 1 is 1.18 bits per heavy atom. The van der Waals surface area contributed by atoms with E-state index in [9.17, 15) is 18.0 Å². The van der Waals surface area contributed by atoms with Crippen LogP contribution in [0.4, 0.5) is 19.0 Å². The van der Waals surface area contributed by atoms with Crippen LogP contribution in [0, 0.1) is 0 Å². The van der Waals surface area contributed by atoms with Crippen LogP contribution in [-0.4, -0.2) is 45.5 Å². The van der Waals surface area contributed by atoms with Crippen molar-refractivity contribution in [2.24, 2.45) is 0 Å². The van der Waals surface area contributed by atoms with Crippen molar-refractivity contribution in [2.45, 2.75) is 49.5 Å². The maximum absolute atomic E-state index is 13.9. The fraction of sp³-hybridized carbons (Fsp3) is 0.435. The summed E-state index contributed by atoms with van der Waals surface area (Å²) in [7, 11) is 5.36. The number of nitrogens with zero attached hydrogens (tertiary/aromatic N) is 4. The first kappa shape index (κ1) is 23.4. The molecule has 4 atom stereocenters. The van der Waals surface area contributed by atoms with Crippen molar-refractivity contribution in [3.8, 4) is 0 Å². The van der Waals surface area contributed by atoms with Crippen LogP contribution in [0.5, 0.6) is 0 Å². The zero-order valence-electron chi connectivity index (χ0n) is 18.7. The Kier molecular flexibility index (Phi) is 6.02. The molecule has 0 amide bonds. The fourth-order valence-electron chi connectivity index (χ4n) is 5.04. The molecule has 0 spiro atoms. The normalized spacial score (nSPS) is 26.5. The van der Waals surface area contributed by atoms with Crippen molar-refractivity contribution in [1.82, 2.24) is 19.9 Å². The van der Waals surface area contributed by atoms with Crippen LogP contribution in [0.1, 0.15) is 30.9 Å². The third kappa shape index (κ3) is 4.27. The van der Waals surface area contributed by atoms with Crippen molar-refractivity contribution < 1.29 is 13.2 Å². The molecule has 2 aliphatic rings. The van der Waals surface area contributed by atoms with E-state index in [-0.39, 0.29) is 24.5 Å². The van der Waals surface area contributed by atoms with Gasteiger partial charge in [-0.2, -0.15) is 18.2 Å². The number of thiol groups is 1. The summed E-state index contributed by atoms with van der Waals surface area (Å²) >= 11 is 0. The Balaban J connectivity index is 1.76. The number of piperazine rings is 1. The van der Waals surface area contributed by atoms with Crippen LogP contribution in [0.15, 0.2) is 46.3 Å². The standard InChI is InChI=1S/C23H25ClF3N5OS/c1-13-9-31(10-14(2)29-13)21-18-6-17(23(25,26)27)7-19-20(18)32(22(33)30-21)11-16(12-34(19)24)15-4-3-5-28-8-15/h3-8,13-14,16,29,34H,9-12H2,1-2H3/t13-,14+,16-/m0/s1. The second-order valence-corrected chi connectivity index (χ2v) is 11.9. The highest BCUT2D eigenvalue weighted by molar-refractivity contribution is 8.36. The monoisotopic (exact) mass is 511 g/mol. The Labute approximate surface area is 202 Å². The number of anilines is 1. The number of hydrogen-bond acceptors (Lipinski definition) is 5. The van der Waals surface area contributed by atoms with Crippen LogP contribution in [0.2, 0.25) is 0 Å². The van der Waals surface area contributed by atoms with E-state index >= 15 is 0 Å². The summed E-state index contributed by atoms with van der Waals surface area (Å²) in [5, 5.41) is 3.73. The Morgan fingerprint density at radius 2 is 1.91 bits per heavy atom. The number of nitrogens with one attached hydrogen (secondary N) is 1. The smallest absolute Gasteiger partial charge is 0.353 e. The number of rotatable bonds is 2. The molecule has 182 valence electrons. The van der Waals surface area contributed by atoms with E-state index < -0.39 is 27.5 Å². The number of benzene rings is 1. The first-order valence-corrected chi connectivity index (χ1v) is 13.5. The van der Waals surface area contributed by atoms with E-state index in [0.29, 0.717) is 40.5 Å². The van der Waals surface area contributed by atoms with Crippen LogP contribution in [-0.2, 0) is 12.7 Å². The molecule has 6 nitrogen and oxygen atoms in total. The van der Waals surface area contributed by atoms with E-state index in [1.54, 1.807) is 18.5 Å². The molecule has 2 aromatic heterocycles. The van der Waals surface area contributed by atoms with Crippen LogP contribution in [0.3, 0.4) is 0 Å². The zero-order valence-corrected chi connectivity index (χ0v) is 20.3. The molecule has 5 rings (SSSR count). The molecule has 1 aromatic carbocycles. The van der Waals surface area contributed by atoms with E-state index in [1.165, 1.54) is 4.57 Å². The largest absolute Gasteiger partial charge is 0.416 e. The summed E-state index contributed by atoms with van der Waals surface area (Å²) < 4.78 is 43.3. The molecular formula is C23H25ClF3N5OS. The number of alkyl halides is 3. The average Bonchev–Trinajstić information content (AvgIpc) is 2.93. The molecule has 2 aliphatic heterocycles. The van der Waals surface area contributed by atoms with Gasteiger partial charge >= 0.3 is 11.9 Å². The van der Waals surface area contributed by atoms with Gasteiger partial charge in [-0.05, 0) is 37.6 Å². The molecule has 1 fully saturated rings. The summed E-state index contributed by atoms with van der Waals surface area (Å²) in [4.78, 5) is 24.1. The number of aromatic nitrogens is 3. The molecule has 1 N–H and O–H groups in total. The van der Waals surface area contributed by atoms with Crippen molar-refractivity contribution >= 4 is 37.5 Å². The van der Waals surface area contributed by atoms with Gasteiger partial charge < -0.3 is 10.2 Å². The van der Waals surface area contributed by atoms with Crippen LogP contribution >= 0.6 is 20.8 Å². The second-order valence-electron chi connectivity index (χ2n) is 9.12. The minimum absolute atomic E-state index is 0.101. The minimum atomic E-state index is -4.55. The number of pyridine rings is 1. The number of hydrogen-bond donors (Lipinski definition) is 2. The highest BCUT2D eigenvalue weighted by Crippen LogP contribution is 2.52. The fourth-order valence-corrected chi connectivity index (χ4v) is 7.58. The molecule has 0 bridgehead atoms. The lowest BCUT2D eigenvalue weighted by molar-refractivity contribution is -0.137. The van der Waals surface area contributed by atoms with Crippen molar-refractivity contribution in [3.05, 3.63) is 58.3 Å². The summed E-state index contributed by atoms with van der Waals surface area (Å²) in [5.41, 5.74) is 0.119. The van der Waals surface area contributed by atoms with Gasteiger partial charge in [-0.3, -0.25) is 9.55 Å². The highest BCUT2D eigenvalue weighted by atomic mass is 35.7. The summed E-state index contributed by atoms with van der Waals surface area (Å²) in [5.74, 6) is 0.576. The van der Waals surface area contributed by atoms with Gasteiger partial charge in [0, 0.05) is 66.1 Å². The molecule has 11 heteroatoms. The van der Waals surface area contributed by atoms with Gasteiger partial charge in [-0.15, -0.1) is 10.1 Å². The molecule has 1 unspecified atom stereocenters. The second kappa shape index (κ2) is 8.73. The zero-order chi connectivity index (χ0) is 24.2. The van der Waals surface area contributed by atoms with Crippen LogP contribution < -0.4 is 15.9 Å². The van der Waals surface area contributed by atoms with Gasteiger partial charge in [-0.25, -0.2) is 4.79 Å². The topological polar surface area (TPSA) is 63.1 Å². The van der Waals surface area contributed by atoms with Crippen molar-refractivity contribution in [3.63, 3.8) is 0 Å². The Morgan fingerprint density at radius 3 is 2.56 bits per heavy atom. The van der Waals surface area contributed by atoms with Crippen molar-refractivity contribution in [2.75, 3.05) is 23.7 Å². The molecule has 34 heavy (non-hydrogen) atoms. The Hall–Kier alpha value is -2.30. The summed E-state index contributed by atoms with van der Waals surface area (Å²) in [6.45, 7) is 5.37. The molecule has 1 saturated heterocycles. The third-order valence-electron chi connectivity index (χ3n) is 6.42. The number of halogens is 4. The molecule has 0 saturated carbocycles. The summed E-state index contributed by atoms with van der Waals surface area (Å²) in [6.07, 6.45) is -1.17. The maximum atomic E-state index is 13.9. The lowest BCUT2D eigenvalue weighted by Crippen LogP contribution is -2.55. The first-order valence-electron chi connectivity index (χ1n) is 11.1. The molecule has 3 aromatic rings. The average molecular weight is 512 g/mol. The minimum Gasteiger partial charge on any atom is -0.353 e. The lowest BCUT2D eigenvalue weighted by Gasteiger charge is -2.37. The molecular weight excluding hydrogens is 487 g/mol. The summed E-state index contributed by atoms with van der Waals surface area (Å²) in [6, 6.07) is 6.16. The lowest BCUT2D eigenvalue weighted by atomic mass is 10.0. The quantitative estimate of drug-likeness (QED) is 0.502. The molecule has 0 aliphatic carbocycles. The van der Waals surface area contributed by atoms with E-state index in [0.717, 1.165) is 17.7 Å². The predicted octanol–water partition coefficient (Wildman–Crippen LogP) is 4.31. The molecule has 4 heterocycles. The van der Waals surface area contributed by atoms with Gasteiger partial charge in [0.25, 0.3) is 0 Å². The van der Waals surface area contributed by atoms with E-state index in [1.807, 2.05) is 24.8 Å². The SMILES string of the molecule is C[C@@H]1CN(c2nc(=O)n3c4c(cc(C(F)(F)F)cc24)[SH](Cl)C[C@@H](c2cccnc2)C3)C[C@H](C)N1. The van der Waals surface area contributed by atoms with Gasteiger partial charge in [0.1, 0.15) is 5.82 Å². The van der Waals surface area contributed by atoms with Gasteiger partial charge in [0.05, 0.1) is 11.1 Å². The third-order valence-corrected chi connectivity index (χ3v) is 9.00. The maximum Gasteiger partial charge on any atom is 0.416 e. The predicted molar refractivity (Wildman–Crippen MR) is 130 cm³/mol. The Bertz CT molecular complexity index is 1280. The van der Waals surface area contributed by atoms with Gasteiger partial charge in [0.2, 0.25) is 0 Å².